The van der Waals surface area contributed by atoms with Crippen molar-refractivity contribution in [3.63, 3.8) is 0 Å². The van der Waals surface area contributed by atoms with Crippen molar-refractivity contribution in [1.82, 2.24) is 0 Å². The first-order valence-electron chi connectivity index (χ1n) is 8.33. The van der Waals surface area contributed by atoms with Gasteiger partial charge >= 0.3 is 5.91 Å². The van der Waals surface area contributed by atoms with Crippen LogP contribution in [0.15, 0.2) is 91.1 Å². The number of Topliss-reactive ketones (excluding diaryl/α,β-unsaturated/α-hetero) is 1. The van der Waals surface area contributed by atoms with E-state index in [9.17, 15) is 9.59 Å². The molecular weight excluding hydrogens is 324 g/mol. The van der Waals surface area contributed by atoms with Gasteiger partial charge in [-0.15, -0.1) is 0 Å². The number of hydrogen-bond acceptors (Lipinski definition) is 2. The van der Waals surface area contributed by atoms with Gasteiger partial charge in [0.1, 0.15) is 0 Å². The molecule has 0 saturated carbocycles. The van der Waals surface area contributed by atoms with Gasteiger partial charge in [-0.25, -0.2) is 14.7 Å². The van der Waals surface area contributed by atoms with E-state index in [4.69, 9.17) is 0 Å². The van der Waals surface area contributed by atoms with Crippen molar-refractivity contribution in [3.8, 4) is 0 Å². The molecule has 128 valence electrons. The predicted molar refractivity (Wildman–Crippen MR) is 102 cm³/mol. The van der Waals surface area contributed by atoms with Gasteiger partial charge in [-0.2, -0.15) is 0 Å². The van der Waals surface area contributed by atoms with Crippen molar-refractivity contribution in [3.05, 3.63) is 102 Å². The van der Waals surface area contributed by atoms with Crippen LogP contribution in [0.25, 0.3) is 6.08 Å². The molecule has 1 heterocycles. The number of amides is 1. The maximum absolute atomic E-state index is 12.4. The second-order valence-corrected chi connectivity index (χ2v) is 5.74. The predicted octanol–water partition coefficient (Wildman–Crippen LogP) is 3.51. The van der Waals surface area contributed by atoms with Gasteiger partial charge < -0.3 is 0 Å². The van der Waals surface area contributed by atoms with Gasteiger partial charge in [0.05, 0.1) is 6.20 Å². The third-order valence-electron chi connectivity index (χ3n) is 3.83. The molecule has 4 nitrogen and oxygen atoms in total. The quantitative estimate of drug-likeness (QED) is 0.423. The zero-order chi connectivity index (χ0) is 18.2. The molecule has 1 aromatic heterocycles. The molecule has 1 N–H and O–H groups in total. The minimum atomic E-state index is -0.249. The molecule has 0 aliphatic heterocycles. The number of nitrogens with zero attached hydrogens (tertiary/aromatic N) is 1. The van der Waals surface area contributed by atoms with Crippen LogP contribution in [-0.2, 0) is 11.3 Å². The van der Waals surface area contributed by atoms with Crippen LogP contribution in [-0.4, -0.2) is 11.7 Å². The normalized spacial score (nSPS) is 10.6. The third kappa shape index (κ3) is 4.74. The van der Waals surface area contributed by atoms with E-state index in [0.29, 0.717) is 11.4 Å². The molecule has 0 saturated heterocycles. The average molecular weight is 343 g/mol. The molecule has 4 heteroatoms. The number of benzene rings is 2. The lowest BCUT2D eigenvalue weighted by molar-refractivity contribution is -0.668. The van der Waals surface area contributed by atoms with Gasteiger partial charge in [0.15, 0.2) is 6.54 Å². The molecule has 26 heavy (non-hydrogen) atoms. The first-order valence-corrected chi connectivity index (χ1v) is 8.33. The number of carbonyl (C=O) groups excluding carboxylic acids is 2. The lowest BCUT2D eigenvalue weighted by Crippen LogP contribution is -2.41. The number of carbonyl (C=O) groups is 2. The average Bonchev–Trinajstić information content (AvgIpc) is 2.69. The van der Waals surface area contributed by atoms with Crippen LogP contribution in [0.5, 0.6) is 0 Å². The Balaban J connectivity index is 1.70. The summed E-state index contributed by atoms with van der Waals surface area (Å²) < 4.78 is 1.73. The number of anilines is 1. The Morgan fingerprint density at radius 2 is 1.50 bits per heavy atom. The molecule has 3 aromatic rings. The van der Waals surface area contributed by atoms with Crippen LogP contribution in [0.1, 0.15) is 15.9 Å². The monoisotopic (exact) mass is 343 g/mol. The number of nitrogens with one attached hydrogen (secondary N) is 1. The Morgan fingerprint density at radius 3 is 2.23 bits per heavy atom. The van der Waals surface area contributed by atoms with Crippen LogP contribution >= 0.6 is 0 Å². The fourth-order valence-corrected chi connectivity index (χ4v) is 2.50. The van der Waals surface area contributed by atoms with E-state index in [1.807, 2.05) is 60.7 Å². The summed E-state index contributed by atoms with van der Waals surface area (Å²) in [6.45, 7) is 0.156. The fourth-order valence-electron chi connectivity index (χ4n) is 2.50. The van der Waals surface area contributed by atoms with Crippen molar-refractivity contribution in [1.29, 1.82) is 0 Å². The summed E-state index contributed by atoms with van der Waals surface area (Å²) in [5.74, 6) is 0.303. The molecule has 0 bridgehead atoms. The Kier molecular flexibility index (Phi) is 5.68. The Bertz CT molecular complexity index is 919. The molecule has 0 fully saturated rings. The lowest BCUT2D eigenvalue weighted by Gasteiger charge is -2.05. The van der Waals surface area contributed by atoms with Gasteiger partial charge in [-0.05, 0) is 17.7 Å². The molecular formula is C22H19N2O2+. The molecule has 0 spiro atoms. The second-order valence-electron chi connectivity index (χ2n) is 5.74. The van der Waals surface area contributed by atoms with E-state index in [1.54, 1.807) is 35.0 Å². The molecule has 0 aliphatic rings. The van der Waals surface area contributed by atoms with E-state index < -0.39 is 0 Å². The van der Waals surface area contributed by atoms with E-state index in [-0.39, 0.29) is 18.2 Å². The zero-order valence-corrected chi connectivity index (χ0v) is 14.2. The number of ketones is 1. The molecule has 0 atom stereocenters. The molecule has 3 rings (SSSR count). The minimum absolute atomic E-state index is 0.0165. The van der Waals surface area contributed by atoms with Gasteiger partial charge in [-0.1, -0.05) is 66.7 Å². The number of hydrogen-bond donors (Lipinski definition) is 1. The van der Waals surface area contributed by atoms with Crippen molar-refractivity contribution in [2.75, 3.05) is 5.32 Å². The van der Waals surface area contributed by atoms with Crippen molar-refractivity contribution in [2.24, 2.45) is 0 Å². The number of aromatic nitrogens is 1. The smallest absolute Gasteiger partial charge is 0.290 e. The highest BCUT2D eigenvalue weighted by Gasteiger charge is 2.15. The maximum Gasteiger partial charge on any atom is 0.331 e. The Labute approximate surface area is 152 Å². The summed E-state index contributed by atoms with van der Waals surface area (Å²) in [7, 11) is 0. The summed E-state index contributed by atoms with van der Waals surface area (Å²) in [4.78, 5) is 24.6. The van der Waals surface area contributed by atoms with Crippen LogP contribution in [0.4, 0.5) is 5.82 Å². The highest BCUT2D eigenvalue weighted by Crippen LogP contribution is 2.05. The molecule has 0 unspecified atom stereocenters. The van der Waals surface area contributed by atoms with E-state index in [0.717, 1.165) is 5.56 Å². The number of pyridine rings is 1. The Hall–Kier alpha value is -3.53. The first-order chi connectivity index (χ1) is 12.7. The molecule has 0 radical (unpaired) electrons. The standard InChI is InChI=1S/C22H18N2O2/c25-20(19-11-5-2-6-12-19)17-24-16-8-7-13-21(24)23-22(26)15-14-18-9-3-1-4-10-18/h1-16H,17H2/p+1. The van der Waals surface area contributed by atoms with Crippen LogP contribution in [0.3, 0.4) is 0 Å². The van der Waals surface area contributed by atoms with Crippen LogP contribution < -0.4 is 9.88 Å². The lowest BCUT2D eigenvalue weighted by atomic mass is 10.1. The van der Waals surface area contributed by atoms with E-state index in [1.165, 1.54) is 6.08 Å². The maximum atomic E-state index is 12.4. The summed E-state index contributed by atoms with van der Waals surface area (Å²) >= 11 is 0. The fraction of sp³-hybridized carbons (Fsp3) is 0.0455. The Morgan fingerprint density at radius 1 is 0.846 bits per heavy atom. The van der Waals surface area contributed by atoms with E-state index >= 15 is 0 Å². The second kappa shape index (κ2) is 8.53. The summed E-state index contributed by atoms with van der Waals surface area (Å²) in [5, 5.41) is 2.82. The van der Waals surface area contributed by atoms with Crippen LogP contribution in [0, 0.1) is 0 Å². The van der Waals surface area contributed by atoms with Gasteiger partial charge in [0.25, 0.3) is 5.82 Å². The van der Waals surface area contributed by atoms with Crippen LogP contribution in [0.2, 0.25) is 0 Å². The van der Waals surface area contributed by atoms with Gasteiger partial charge in [0.2, 0.25) is 5.78 Å². The van der Waals surface area contributed by atoms with Crippen molar-refractivity contribution >= 4 is 23.6 Å². The summed E-state index contributed by atoms with van der Waals surface area (Å²) in [5.41, 5.74) is 1.59. The van der Waals surface area contributed by atoms with Gasteiger partial charge in [-0.3, -0.25) is 4.79 Å². The highest BCUT2D eigenvalue weighted by molar-refractivity contribution is 6.01. The molecule has 1 amide bonds. The van der Waals surface area contributed by atoms with E-state index in [2.05, 4.69) is 5.32 Å². The number of rotatable bonds is 6. The summed E-state index contributed by atoms with van der Waals surface area (Å²) in [6.07, 6.45) is 5.00. The highest BCUT2D eigenvalue weighted by atomic mass is 16.1. The SMILES string of the molecule is O=C(C=Cc1ccccc1)Nc1cccc[n+]1CC(=O)c1ccccc1. The zero-order valence-electron chi connectivity index (χ0n) is 14.2. The third-order valence-corrected chi connectivity index (χ3v) is 3.83. The van der Waals surface area contributed by atoms with Gasteiger partial charge in [0, 0.05) is 17.7 Å². The summed E-state index contributed by atoms with van der Waals surface area (Å²) in [6, 6.07) is 24.1. The van der Waals surface area contributed by atoms with Crippen molar-refractivity contribution < 1.29 is 14.2 Å². The first kappa shape index (κ1) is 17.3. The topological polar surface area (TPSA) is 50.1 Å². The minimum Gasteiger partial charge on any atom is -0.290 e. The molecule has 2 aromatic carbocycles. The molecule has 0 aliphatic carbocycles. The largest absolute Gasteiger partial charge is 0.331 e. The van der Waals surface area contributed by atoms with Crippen molar-refractivity contribution in [2.45, 2.75) is 6.54 Å².